The summed E-state index contributed by atoms with van der Waals surface area (Å²) in [7, 11) is 0. The Morgan fingerprint density at radius 3 is 2.42 bits per heavy atom. The van der Waals surface area contributed by atoms with Gasteiger partial charge in [0.15, 0.2) is 0 Å². The highest BCUT2D eigenvalue weighted by Crippen LogP contribution is 2.37. The molecule has 3 N–H and O–H groups in total. The zero-order valence-corrected chi connectivity index (χ0v) is 19.8. The van der Waals surface area contributed by atoms with E-state index in [-0.39, 0.29) is 5.91 Å². The number of ether oxygens (including phenoxy) is 1. The summed E-state index contributed by atoms with van der Waals surface area (Å²) in [5.74, 6) is 1.82. The van der Waals surface area contributed by atoms with E-state index in [4.69, 9.17) is 9.15 Å². The number of aliphatic hydroxyl groups is 1. The van der Waals surface area contributed by atoms with Crippen LogP contribution in [0.1, 0.15) is 22.5 Å². The van der Waals surface area contributed by atoms with Gasteiger partial charge in [0.25, 0.3) is 5.91 Å². The molecule has 182 valence electrons. The lowest BCUT2D eigenvalue weighted by Gasteiger charge is -2.25. The van der Waals surface area contributed by atoms with Gasteiger partial charge in [-0.15, -0.1) is 0 Å². The highest BCUT2D eigenvalue weighted by molar-refractivity contribution is 6.25. The van der Waals surface area contributed by atoms with Gasteiger partial charge in [-0.2, -0.15) is 0 Å². The number of benzene rings is 3. The minimum absolute atomic E-state index is 0.270. The molecule has 6 heteroatoms. The molecule has 3 aromatic carbocycles. The van der Waals surface area contributed by atoms with Crippen molar-refractivity contribution in [3.8, 4) is 11.5 Å². The lowest BCUT2D eigenvalue weighted by atomic mass is 9.98. The largest absolute Gasteiger partial charge is 0.468 e. The van der Waals surface area contributed by atoms with Gasteiger partial charge < -0.3 is 24.9 Å². The third-order valence-electron chi connectivity index (χ3n) is 6.17. The average Bonchev–Trinajstić information content (AvgIpc) is 3.36. The molecule has 1 aliphatic heterocycles. The van der Waals surface area contributed by atoms with Gasteiger partial charge in [-0.25, -0.2) is 0 Å². The van der Waals surface area contributed by atoms with Crippen LogP contribution in [0.4, 0.5) is 0 Å². The van der Waals surface area contributed by atoms with Crippen molar-refractivity contribution in [2.24, 2.45) is 0 Å². The Morgan fingerprint density at radius 2 is 1.61 bits per heavy atom. The van der Waals surface area contributed by atoms with E-state index in [1.807, 2.05) is 97.1 Å². The van der Waals surface area contributed by atoms with Crippen LogP contribution < -0.4 is 15.4 Å². The van der Waals surface area contributed by atoms with Crippen LogP contribution in [0, 0.1) is 0 Å². The molecule has 0 unspecified atom stereocenters. The molecule has 2 heterocycles. The molecule has 4 aromatic rings. The van der Waals surface area contributed by atoms with Crippen molar-refractivity contribution in [2.45, 2.75) is 25.1 Å². The van der Waals surface area contributed by atoms with Crippen molar-refractivity contribution >= 4 is 17.6 Å². The van der Waals surface area contributed by atoms with Crippen LogP contribution >= 0.6 is 0 Å². The molecule has 1 aliphatic rings. The van der Waals surface area contributed by atoms with Gasteiger partial charge in [-0.05, 0) is 42.3 Å². The van der Waals surface area contributed by atoms with Gasteiger partial charge in [0, 0.05) is 17.7 Å². The summed E-state index contributed by atoms with van der Waals surface area (Å²) in [6.07, 6.45) is 3.12. The van der Waals surface area contributed by atoms with Crippen LogP contribution in [0.2, 0.25) is 0 Å². The highest BCUT2D eigenvalue weighted by Gasteiger charge is 2.26. The summed E-state index contributed by atoms with van der Waals surface area (Å²) in [6, 6.07) is 28.1. The van der Waals surface area contributed by atoms with Crippen molar-refractivity contribution in [3.05, 3.63) is 120 Å². The van der Waals surface area contributed by atoms with Gasteiger partial charge >= 0.3 is 0 Å². The first kappa shape index (κ1) is 23.6. The minimum Gasteiger partial charge on any atom is -0.468 e. The third-order valence-corrected chi connectivity index (χ3v) is 6.17. The van der Waals surface area contributed by atoms with E-state index in [9.17, 15) is 9.90 Å². The second kappa shape index (κ2) is 11.1. The molecular weight excluding hydrogens is 452 g/mol. The van der Waals surface area contributed by atoms with Crippen molar-refractivity contribution in [3.63, 3.8) is 0 Å². The van der Waals surface area contributed by atoms with E-state index in [0.717, 1.165) is 16.9 Å². The van der Waals surface area contributed by atoms with Crippen LogP contribution in [0.3, 0.4) is 0 Å². The molecule has 5 rings (SSSR count). The van der Waals surface area contributed by atoms with Crippen LogP contribution in [0.15, 0.2) is 102 Å². The lowest BCUT2D eigenvalue weighted by Crippen LogP contribution is -2.48. The fourth-order valence-corrected chi connectivity index (χ4v) is 4.31. The van der Waals surface area contributed by atoms with Gasteiger partial charge in [0.2, 0.25) is 0 Å². The number of carbonyl (C=O) groups excluding carboxylic acids is 1. The number of aliphatic hydroxyl groups excluding tert-OH is 1. The highest BCUT2D eigenvalue weighted by atomic mass is 16.5. The number of hydrogen-bond acceptors (Lipinski definition) is 5. The first-order valence-corrected chi connectivity index (χ1v) is 12.0. The molecule has 6 nitrogen and oxygen atoms in total. The maximum atomic E-state index is 13.7. The second-order valence-corrected chi connectivity index (χ2v) is 8.74. The Hall–Kier alpha value is -4.13. The van der Waals surface area contributed by atoms with Crippen molar-refractivity contribution in [1.82, 2.24) is 10.6 Å². The minimum atomic E-state index is -0.825. The van der Waals surface area contributed by atoms with E-state index in [1.54, 1.807) is 6.26 Å². The number of furan rings is 1. The van der Waals surface area contributed by atoms with E-state index >= 15 is 0 Å². The van der Waals surface area contributed by atoms with Crippen LogP contribution in [-0.4, -0.2) is 29.7 Å². The van der Waals surface area contributed by atoms with Gasteiger partial charge in [0.1, 0.15) is 17.3 Å². The Balaban J connectivity index is 1.39. The summed E-state index contributed by atoms with van der Waals surface area (Å²) in [5, 5.41) is 17.4. The van der Waals surface area contributed by atoms with Crippen molar-refractivity contribution < 1.29 is 19.1 Å². The normalized spacial score (nSPS) is 13.9. The first-order chi connectivity index (χ1) is 17.7. The molecule has 1 amide bonds. The van der Waals surface area contributed by atoms with E-state index in [1.165, 1.54) is 0 Å². The smallest absolute Gasteiger partial charge is 0.252 e. The van der Waals surface area contributed by atoms with Gasteiger partial charge in [0.05, 0.1) is 30.5 Å². The standard InChI is InChI=1S/C30H28N2O4/c33-27(20-31-19-23-12-8-16-35-23)26(17-21-9-2-1-3-10-21)32-30(34)25-18-22-11-4-6-14-28(22)36-29-15-7-5-13-24(25)29/h1-16,18,26-27,31,33H,17,19-20H2,(H,32,34)/t26-,27+/m0/s1. The number of fused-ring (bicyclic) bond motifs is 2. The summed E-state index contributed by atoms with van der Waals surface area (Å²) >= 11 is 0. The summed E-state index contributed by atoms with van der Waals surface area (Å²) in [5.41, 5.74) is 3.04. The molecule has 0 spiro atoms. The molecule has 0 aliphatic carbocycles. The van der Waals surface area contributed by atoms with Gasteiger partial charge in [-0.1, -0.05) is 66.7 Å². The quantitative estimate of drug-likeness (QED) is 0.320. The topological polar surface area (TPSA) is 83.7 Å². The maximum absolute atomic E-state index is 13.7. The van der Waals surface area contributed by atoms with Crippen LogP contribution in [0.5, 0.6) is 11.5 Å². The molecule has 0 saturated heterocycles. The summed E-state index contributed by atoms with van der Waals surface area (Å²) < 4.78 is 11.5. The first-order valence-electron chi connectivity index (χ1n) is 12.0. The molecule has 0 saturated carbocycles. The zero-order chi connectivity index (χ0) is 24.7. The number of nitrogens with one attached hydrogen (secondary N) is 2. The molecule has 1 aromatic heterocycles. The second-order valence-electron chi connectivity index (χ2n) is 8.74. The SMILES string of the molecule is O=C(N[C@@H](Cc1ccccc1)[C@H](O)CNCc1ccco1)C1=Cc2ccccc2Oc2ccccc21. The fourth-order valence-electron chi connectivity index (χ4n) is 4.31. The molecule has 0 fully saturated rings. The number of hydrogen-bond donors (Lipinski definition) is 3. The maximum Gasteiger partial charge on any atom is 0.252 e. The predicted molar refractivity (Wildman–Crippen MR) is 139 cm³/mol. The van der Waals surface area contributed by atoms with Crippen molar-refractivity contribution in [1.29, 1.82) is 0 Å². The van der Waals surface area contributed by atoms with Crippen LogP contribution in [-0.2, 0) is 17.8 Å². The van der Waals surface area contributed by atoms with E-state index < -0.39 is 12.1 Å². The lowest BCUT2D eigenvalue weighted by molar-refractivity contribution is -0.117. The number of amides is 1. The monoisotopic (exact) mass is 480 g/mol. The van der Waals surface area contributed by atoms with Crippen molar-refractivity contribution in [2.75, 3.05) is 6.54 Å². The Bertz CT molecular complexity index is 1330. The Morgan fingerprint density at radius 1 is 0.861 bits per heavy atom. The molecular formula is C30H28N2O4. The van der Waals surface area contributed by atoms with Crippen LogP contribution in [0.25, 0.3) is 11.6 Å². The number of rotatable bonds is 9. The van der Waals surface area contributed by atoms with Gasteiger partial charge in [-0.3, -0.25) is 4.79 Å². The number of para-hydroxylation sites is 2. The summed E-state index contributed by atoms with van der Waals surface area (Å²) in [6.45, 7) is 0.781. The molecule has 36 heavy (non-hydrogen) atoms. The molecule has 0 radical (unpaired) electrons. The van der Waals surface area contributed by atoms with E-state index in [2.05, 4.69) is 10.6 Å². The zero-order valence-electron chi connectivity index (χ0n) is 19.8. The Labute approximate surface area is 210 Å². The van der Waals surface area contributed by atoms with E-state index in [0.29, 0.717) is 42.1 Å². The predicted octanol–water partition coefficient (Wildman–Crippen LogP) is 4.80. The number of carbonyl (C=O) groups is 1. The third kappa shape index (κ3) is 5.57. The average molecular weight is 481 g/mol. The summed E-state index contributed by atoms with van der Waals surface area (Å²) in [4.78, 5) is 13.7. The molecule has 2 atom stereocenters. The molecule has 0 bridgehead atoms. The fraction of sp³-hybridized carbons (Fsp3) is 0.167. The Kier molecular flexibility index (Phi) is 7.26.